The van der Waals surface area contributed by atoms with Gasteiger partial charge in [-0.25, -0.2) is 4.79 Å². The van der Waals surface area contributed by atoms with Crippen molar-refractivity contribution in [2.45, 2.75) is 40.8 Å². The summed E-state index contributed by atoms with van der Waals surface area (Å²) in [6.07, 6.45) is 0. The second-order valence-electron chi connectivity index (χ2n) is 5.83. The van der Waals surface area contributed by atoms with Gasteiger partial charge in [0.15, 0.2) is 11.2 Å². The fourth-order valence-corrected chi connectivity index (χ4v) is 3.19. The van der Waals surface area contributed by atoms with E-state index in [1.807, 2.05) is 36.7 Å². The van der Waals surface area contributed by atoms with Crippen molar-refractivity contribution < 1.29 is 4.74 Å². The molecule has 0 N–H and O–H groups in total. The lowest BCUT2D eigenvalue weighted by molar-refractivity contribution is 0.137. The molecule has 130 valence electrons. The van der Waals surface area contributed by atoms with Gasteiger partial charge in [-0.1, -0.05) is 0 Å². The first-order chi connectivity index (χ1) is 11.4. The second kappa shape index (κ2) is 5.94. The molecule has 0 amide bonds. The lowest BCUT2D eigenvalue weighted by Crippen LogP contribution is -2.40. The van der Waals surface area contributed by atoms with Crippen LogP contribution in [0.2, 0.25) is 0 Å². The lowest BCUT2D eigenvalue weighted by Gasteiger charge is -2.08. The molecule has 0 atom stereocenters. The maximum Gasteiger partial charge on any atom is 0.332 e. The molecule has 0 aliphatic heterocycles. The number of aryl methyl sites for hydroxylation is 3. The highest BCUT2D eigenvalue weighted by atomic mass is 16.5. The van der Waals surface area contributed by atoms with Crippen LogP contribution in [0.3, 0.4) is 0 Å². The predicted octanol–water partition coefficient (Wildman–Crippen LogP) is 0.823. The summed E-state index contributed by atoms with van der Waals surface area (Å²) in [4.78, 5) is 30.0. The van der Waals surface area contributed by atoms with Crippen molar-refractivity contribution in [3.63, 3.8) is 0 Å². The summed E-state index contributed by atoms with van der Waals surface area (Å²) in [5.74, 6) is 0.692. The van der Waals surface area contributed by atoms with E-state index in [4.69, 9.17) is 4.74 Å². The first-order valence-electron chi connectivity index (χ1n) is 8.19. The second-order valence-corrected chi connectivity index (χ2v) is 5.83. The molecular weight excluding hydrogens is 310 g/mol. The molecule has 0 saturated heterocycles. The monoisotopic (exact) mass is 333 g/mol. The Bertz CT molecular complexity index is 1030. The van der Waals surface area contributed by atoms with E-state index in [1.54, 1.807) is 7.05 Å². The minimum Gasteiger partial charge on any atom is -0.380 e. The number of rotatable bonds is 5. The van der Waals surface area contributed by atoms with E-state index in [0.29, 0.717) is 30.2 Å². The third-order valence-corrected chi connectivity index (χ3v) is 4.61. The molecule has 3 aromatic rings. The topological polar surface area (TPSA) is 75.5 Å². The van der Waals surface area contributed by atoms with Gasteiger partial charge in [0, 0.05) is 31.6 Å². The van der Waals surface area contributed by atoms with Crippen molar-refractivity contribution >= 4 is 16.9 Å². The average Bonchev–Trinajstić information content (AvgIpc) is 3.05. The van der Waals surface area contributed by atoms with Crippen LogP contribution in [0.15, 0.2) is 9.59 Å². The van der Waals surface area contributed by atoms with Crippen molar-refractivity contribution in [1.29, 1.82) is 0 Å². The van der Waals surface area contributed by atoms with Crippen LogP contribution in [0.25, 0.3) is 16.9 Å². The molecule has 0 radical (unpaired) electrons. The van der Waals surface area contributed by atoms with Crippen LogP contribution in [-0.4, -0.2) is 36.3 Å². The summed E-state index contributed by atoms with van der Waals surface area (Å²) in [7, 11) is 1.65. The van der Waals surface area contributed by atoms with Crippen molar-refractivity contribution in [2.75, 3.05) is 13.2 Å². The number of hydrogen-bond acceptors (Lipinski definition) is 4. The Hall–Kier alpha value is -2.35. The van der Waals surface area contributed by atoms with Gasteiger partial charge in [0.25, 0.3) is 5.56 Å². The Kier molecular flexibility index (Phi) is 4.08. The first kappa shape index (κ1) is 16.5. The standard InChI is InChI=1S/C16H23N5O3/c1-6-19-10(3)11(4)21-12-13(17-15(19)21)18(5)16(23)20(14(12)22)8-9-24-7-2/h6-9H2,1-5H3. The van der Waals surface area contributed by atoms with Gasteiger partial charge < -0.3 is 9.30 Å². The van der Waals surface area contributed by atoms with Gasteiger partial charge in [-0.3, -0.25) is 18.3 Å². The Morgan fingerprint density at radius 1 is 1.08 bits per heavy atom. The zero-order valence-electron chi connectivity index (χ0n) is 14.8. The molecule has 3 rings (SSSR count). The van der Waals surface area contributed by atoms with Crippen LogP contribution in [0, 0.1) is 13.8 Å². The zero-order chi connectivity index (χ0) is 17.6. The van der Waals surface area contributed by atoms with E-state index in [9.17, 15) is 9.59 Å². The molecular formula is C16H23N5O3. The molecule has 8 heteroatoms. The molecule has 3 heterocycles. The molecule has 8 nitrogen and oxygen atoms in total. The van der Waals surface area contributed by atoms with Crippen molar-refractivity contribution in [1.82, 2.24) is 23.1 Å². The van der Waals surface area contributed by atoms with Gasteiger partial charge in [0.05, 0.1) is 13.2 Å². The number of nitrogens with zero attached hydrogens (tertiary/aromatic N) is 5. The molecule has 0 aromatic carbocycles. The van der Waals surface area contributed by atoms with E-state index in [-0.39, 0.29) is 17.8 Å². The third-order valence-electron chi connectivity index (χ3n) is 4.61. The van der Waals surface area contributed by atoms with Crippen LogP contribution >= 0.6 is 0 Å². The Balaban J connectivity index is 2.40. The highest BCUT2D eigenvalue weighted by molar-refractivity contribution is 5.76. The molecule has 0 fully saturated rings. The van der Waals surface area contributed by atoms with Gasteiger partial charge in [-0.05, 0) is 27.7 Å². The summed E-state index contributed by atoms with van der Waals surface area (Å²) in [5, 5.41) is 0. The molecule has 0 spiro atoms. The zero-order valence-corrected chi connectivity index (χ0v) is 14.8. The SMILES string of the molecule is CCOCCn1c(=O)c2c(nc3n(CC)c(C)c(C)n23)n(C)c1=O. The van der Waals surface area contributed by atoms with Gasteiger partial charge in [-0.15, -0.1) is 0 Å². The number of hydrogen-bond donors (Lipinski definition) is 0. The Morgan fingerprint density at radius 2 is 1.79 bits per heavy atom. The maximum atomic E-state index is 13.0. The summed E-state index contributed by atoms with van der Waals surface area (Å²) in [5.41, 5.74) is 2.19. The normalized spacial score (nSPS) is 11.9. The lowest BCUT2D eigenvalue weighted by atomic mass is 10.3. The van der Waals surface area contributed by atoms with Crippen molar-refractivity contribution in [2.24, 2.45) is 7.05 Å². The van der Waals surface area contributed by atoms with E-state index < -0.39 is 0 Å². The first-order valence-corrected chi connectivity index (χ1v) is 8.19. The molecule has 0 saturated carbocycles. The summed E-state index contributed by atoms with van der Waals surface area (Å²) >= 11 is 0. The average molecular weight is 333 g/mol. The van der Waals surface area contributed by atoms with E-state index in [0.717, 1.165) is 17.9 Å². The number of imidazole rings is 2. The predicted molar refractivity (Wildman–Crippen MR) is 91.8 cm³/mol. The number of ether oxygens (including phenoxy) is 1. The Labute approximate surface area is 138 Å². The smallest absolute Gasteiger partial charge is 0.332 e. The molecule has 0 bridgehead atoms. The van der Waals surface area contributed by atoms with Gasteiger partial charge in [-0.2, -0.15) is 4.98 Å². The highest BCUT2D eigenvalue weighted by Gasteiger charge is 2.21. The number of fused-ring (bicyclic) bond motifs is 3. The fourth-order valence-electron chi connectivity index (χ4n) is 3.19. The molecule has 0 aliphatic rings. The summed E-state index contributed by atoms with van der Waals surface area (Å²) in [6, 6.07) is 0. The molecule has 0 unspecified atom stereocenters. The maximum absolute atomic E-state index is 13.0. The van der Waals surface area contributed by atoms with Gasteiger partial charge >= 0.3 is 5.69 Å². The van der Waals surface area contributed by atoms with E-state index in [1.165, 1.54) is 9.13 Å². The van der Waals surface area contributed by atoms with Crippen LogP contribution in [-0.2, 0) is 24.9 Å². The van der Waals surface area contributed by atoms with Crippen LogP contribution < -0.4 is 11.2 Å². The van der Waals surface area contributed by atoms with E-state index >= 15 is 0 Å². The largest absolute Gasteiger partial charge is 0.380 e. The Morgan fingerprint density at radius 3 is 2.42 bits per heavy atom. The van der Waals surface area contributed by atoms with Crippen LogP contribution in [0.1, 0.15) is 25.2 Å². The highest BCUT2D eigenvalue weighted by Crippen LogP contribution is 2.20. The third kappa shape index (κ3) is 2.13. The molecule has 0 aliphatic carbocycles. The van der Waals surface area contributed by atoms with Crippen molar-refractivity contribution in [3.8, 4) is 0 Å². The summed E-state index contributed by atoms with van der Waals surface area (Å²) < 4.78 is 11.9. The summed E-state index contributed by atoms with van der Waals surface area (Å²) in [6.45, 7) is 9.74. The molecule has 24 heavy (non-hydrogen) atoms. The number of aromatic nitrogens is 5. The van der Waals surface area contributed by atoms with Crippen LogP contribution in [0.4, 0.5) is 0 Å². The molecule has 3 aromatic heterocycles. The quantitative estimate of drug-likeness (QED) is 0.648. The van der Waals surface area contributed by atoms with Gasteiger partial charge in [0.2, 0.25) is 5.78 Å². The van der Waals surface area contributed by atoms with Crippen molar-refractivity contribution in [3.05, 3.63) is 32.2 Å². The minimum atomic E-state index is -0.370. The van der Waals surface area contributed by atoms with E-state index in [2.05, 4.69) is 4.98 Å². The minimum absolute atomic E-state index is 0.231. The van der Waals surface area contributed by atoms with Crippen LogP contribution in [0.5, 0.6) is 0 Å². The van der Waals surface area contributed by atoms with Gasteiger partial charge in [0.1, 0.15) is 0 Å². The fraction of sp³-hybridized carbons (Fsp3) is 0.562.